The summed E-state index contributed by atoms with van der Waals surface area (Å²) in [7, 11) is 3.51. The highest BCUT2D eigenvalue weighted by molar-refractivity contribution is 6.33. The molecule has 2 heterocycles. The number of aromatic nitrogens is 3. The largest absolute Gasteiger partial charge is 0.495 e. The zero-order chi connectivity index (χ0) is 21.3. The van der Waals surface area contributed by atoms with Crippen molar-refractivity contribution in [2.24, 2.45) is 7.05 Å². The van der Waals surface area contributed by atoms with Crippen LogP contribution in [-0.2, 0) is 13.5 Å². The van der Waals surface area contributed by atoms with Crippen molar-refractivity contribution in [3.63, 3.8) is 0 Å². The van der Waals surface area contributed by atoms with Gasteiger partial charge >= 0.3 is 0 Å². The molecule has 7 heteroatoms. The van der Waals surface area contributed by atoms with Crippen LogP contribution in [-0.4, -0.2) is 21.9 Å². The Morgan fingerprint density at radius 1 is 1.03 bits per heavy atom. The molecule has 0 bridgehead atoms. The molecule has 0 atom stereocenters. The third-order valence-corrected chi connectivity index (χ3v) is 5.40. The molecule has 0 spiro atoms. The minimum absolute atomic E-state index is 0.533. The van der Waals surface area contributed by atoms with Gasteiger partial charge in [0.05, 0.1) is 23.3 Å². The molecule has 0 saturated heterocycles. The number of halogens is 2. The molecule has 0 unspecified atom stereocenters. The Balaban J connectivity index is 1.79. The van der Waals surface area contributed by atoms with Gasteiger partial charge in [-0.25, -0.2) is 4.98 Å². The number of hydrogen-bond acceptors (Lipinski definition) is 4. The first-order chi connectivity index (χ1) is 14.5. The third kappa shape index (κ3) is 3.95. The van der Waals surface area contributed by atoms with Crippen molar-refractivity contribution in [3.05, 3.63) is 64.3 Å². The van der Waals surface area contributed by atoms with Gasteiger partial charge in [-0.15, -0.1) is 0 Å². The second-order valence-electron chi connectivity index (χ2n) is 6.93. The molecule has 0 radical (unpaired) electrons. The minimum Gasteiger partial charge on any atom is -0.495 e. The molecule has 0 aliphatic heterocycles. The van der Waals surface area contributed by atoms with Gasteiger partial charge in [-0.1, -0.05) is 36.5 Å². The molecule has 4 aromatic rings. The Bertz CT molecular complexity index is 1200. The standard InChI is InChI=1S/C23H21Cl2N3O2/c1-4-5-19-16(10-11-22(26-19)30-15-8-6-14(24)7-9-15)23-17-12-21(29-3)18(25)13-20(17)28(2)27-23/h6-13H,4-5H2,1-3H3. The fourth-order valence-corrected chi connectivity index (χ4v) is 3.78. The quantitative estimate of drug-likeness (QED) is 0.334. The monoisotopic (exact) mass is 441 g/mol. The SMILES string of the molecule is CCCc1nc(Oc2ccc(Cl)cc2)ccc1-c1nn(C)c2cc(Cl)c(OC)cc12. The van der Waals surface area contributed by atoms with Gasteiger partial charge < -0.3 is 9.47 Å². The van der Waals surface area contributed by atoms with E-state index in [0.717, 1.165) is 40.7 Å². The molecule has 0 aliphatic carbocycles. The van der Waals surface area contributed by atoms with E-state index in [1.54, 1.807) is 19.2 Å². The second-order valence-corrected chi connectivity index (χ2v) is 7.77. The van der Waals surface area contributed by atoms with Crippen molar-refractivity contribution in [2.45, 2.75) is 19.8 Å². The molecule has 154 valence electrons. The van der Waals surface area contributed by atoms with E-state index in [4.69, 9.17) is 42.8 Å². The van der Waals surface area contributed by atoms with Crippen LogP contribution in [0, 0.1) is 0 Å². The Hall–Kier alpha value is -2.76. The molecule has 2 aromatic heterocycles. The van der Waals surface area contributed by atoms with E-state index in [9.17, 15) is 0 Å². The van der Waals surface area contributed by atoms with Crippen LogP contribution < -0.4 is 9.47 Å². The van der Waals surface area contributed by atoms with Gasteiger partial charge in [-0.2, -0.15) is 5.10 Å². The molecule has 0 aliphatic rings. The zero-order valence-corrected chi connectivity index (χ0v) is 18.5. The van der Waals surface area contributed by atoms with Crippen LogP contribution in [0.1, 0.15) is 19.0 Å². The lowest BCUT2D eigenvalue weighted by Crippen LogP contribution is -1.98. The predicted octanol–water partition coefficient (Wildman–Crippen LogP) is 6.70. The summed E-state index contributed by atoms with van der Waals surface area (Å²) in [6, 6.07) is 14.9. The molecule has 0 amide bonds. The molecule has 0 saturated carbocycles. The van der Waals surface area contributed by atoms with Crippen LogP contribution in [0.5, 0.6) is 17.4 Å². The molecule has 30 heavy (non-hydrogen) atoms. The van der Waals surface area contributed by atoms with Crippen molar-refractivity contribution in [3.8, 4) is 28.6 Å². The highest BCUT2D eigenvalue weighted by Crippen LogP contribution is 2.37. The number of methoxy groups -OCH3 is 1. The number of benzene rings is 2. The van der Waals surface area contributed by atoms with Crippen LogP contribution in [0.4, 0.5) is 0 Å². The van der Waals surface area contributed by atoms with Crippen molar-refractivity contribution < 1.29 is 9.47 Å². The minimum atomic E-state index is 0.533. The summed E-state index contributed by atoms with van der Waals surface area (Å²) in [5.41, 5.74) is 3.67. The Labute approximate surface area is 185 Å². The van der Waals surface area contributed by atoms with Crippen molar-refractivity contribution in [2.75, 3.05) is 7.11 Å². The maximum absolute atomic E-state index is 6.32. The van der Waals surface area contributed by atoms with Gasteiger partial charge in [-0.05, 0) is 48.9 Å². The average molecular weight is 442 g/mol. The number of rotatable bonds is 6. The van der Waals surface area contributed by atoms with E-state index < -0.39 is 0 Å². The average Bonchev–Trinajstić information content (AvgIpc) is 3.05. The summed E-state index contributed by atoms with van der Waals surface area (Å²) in [6.45, 7) is 2.12. The lowest BCUT2D eigenvalue weighted by molar-refractivity contribution is 0.415. The van der Waals surface area contributed by atoms with Gasteiger partial charge in [0.1, 0.15) is 17.2 Å². The summed E-state index contributed by atoms with van der Waals surface area (Å²) in [4.78, 5) is 4.77. The van der Waals surface area contributed by atoms with Gasteiger partial charge in [0.2, 0.25) is 5.88 Å². The van der Waals surface area contributed by atoms with Gasteiger partial charge in [0.15, 0.2) is 0 Å². The Morgan fingerprint density at radius 2 is 1.80 bits per heavy atom. The van der Waals surface area contributed by atoms with Crippen LogP contribution >= 0.6 is 23.2 Å². The van der Waals surface area contributed by atoms with Gasteiger partial charge in [0.25, 0.3) is 0 Å². The fourth-order valence-electron chi connectivity index (χ4n) is 3.42. The second kappa shape index (κ2) is 8.54. The number of hydrogen-bond donors (Lipinski definition) is 0. The normalized spacial score (nSPS) is 11.1. The number of ether oxygens (including phenoxy) is 2. The van der Waals surface area contributed by atoms with Crippen LogP contribution in [0.15, 0.2) is 48.5 Å². The molecule has 2 aromatic carbocycles. The Morgan fingerprint density at radius 3 is 2.50 bits per heavy atom. The first kappa shape index (κ1) is 20.5. The topological polar surface area (TPSA) is 49.2 Å². The summed E-state index contributed by atoms with van der Waals surface area (Å²) in [5, 5.41) is 6.93. The maximum Gasteiger partial charge on any atom is 0.219 e. The molecule has 0 N–H and O–H groups in total. The predicted molar refractivity (Wildman–Crippen MR) is 121 cm³/mol. The number of aryl methyl sites for hydroxylation is 2. The van der Waals surface area contributed by atoms with Crippen LogP contribution in [0.3, 0.4) is 0 Å². The smallest absolute Gasteiger partial charge is 0.219 e. The highest BCUT2D eigenvalue weighted by Gasteiger charge is 2.18. The van der Waals surface area contributed by atoms with Crippen molar-refractivity contribution >= 4 is 34.1 Å². The summed E-state index contributed by atoms with van der Waals surface area (Å²) < 4.78 is 13.2. The first-order valence-corrected chi connectivity index (χ1v) is 10.4. The van der Waals surface area contributed by atoms with E-state index in [1.165, 1.54) is 0 Å². The van der Waals surface area contributed by atoms with Crippen molar-refractivity contribution in [1.29, 1.82) is 0 Å². The molecular formula is C23H21Cl2N3O2. The fraction of sp³-hybridized carbons (Fsp3) is 0.217. The van der Waals surface area contributed by atoms with Crippen LogP contribution in [0.25, 0.3) is 22.2 Å². The van der Waals surface area contributed by atoms with E-state index in [1.807, 2.05) is 48.1 Å². The van der Waals surface area contributed by atoms with E-state index >= 15 is 0 Å². The third-order valence-electron chi connectivity index (χ3n) is 4.85. The summed E-state index contributed by atoms with van der Waals surface area (Å²) in [5.74, 6) is 1.83. The first-order valence-electron chi connectivity index (χ1n) is 9.64. The number of nitrogens with zero attached hydrogens (tertiary/aromatic N) is 3. The molecule has 5 nitrogen and oxygen atoms in total. The van der Waals surface area contributed by atoms with Gasteiger partial charge in [-0.3, -0.25) is 4.68 Å². The number of fused-ring (bicyclic) bond motifs is 1. The van der Waals surface area contributed by atoms with Gasteiger partial charge in [0, 0.05) is 29.1 Å². The lowest BCUT2D eigenvalue weighted by Gasteiger charge is -2.11. The zero-order valence-electron chi connectivity index (χ0n) is 16.9. The van der Waals surface area contributed by atoms with Crippen molar-refractivity contribution in [1.82, 2.24) is 14.8 Å². The lowest BCUT2D eigenvalue weighted by atomic mass is 10.0. The number of pyridine rings is 1. The molecule has 0 fully saturated rings. The summed E-state index contributed by atoms with van der Waals surface area (Å²) >= 11 is 12.3. The maximum atomic E-state index is 6.32. The highest BCUT2D eigenvalue weighted by atomic mass is 35.5. The molecule has 4 rings (SSSR count). The van der Waals surface area contributed by atoms with E-state index in [0.29, 0.717) is 27.4 Å². The Kier molecular flexibility index (Phi) is 5.84. The van der Waals surface area contributed by atoms with E-state index in [-0.39, 0.29) is 0 Å². The van der Waals surface area contributed by atoms with Crippen LogP contribution in [0.2, 0.25) is 10.0 Å². The van der Waals surface area contributed by atoms with E-state index in [2.05, 4.69) is 6.92 Å². The summed E-state index contributed by atoms with van der Waals surface area (Å²) in [6.07, 6.45) is 1.75. The molecular weight excluding hydrogens is 421 g/mol.